The fraction of sp³-hybridized carbons (Fsp3) is 0.485. The molecule has 4 atom stereocenters. The minimum atomic E-state index is -5.48. The molecule has 1 amide bonds. The van der Waals surface area contributed by atoms with Gasteiger partial charge in [-0.25, -0.2) is 13.2 Å². The number of rotatable bonds is 10. The second-order valence-electron chi connectivity index (χ2n) is 12.9. The van der Waals surface area contributed by atoms with Gasteiger partial charge in [0.2, 0.25) is 0 Å². The number of carbonyl (C=O) groups excluding carboxylic acids is 2. The molecule has 1 aliphatic heterocycles. The molecule has 1 aromatic heterocycles. The maximum Gasteiger partial charge on any atom is 0.491 e. The standard InChI is InChI=1S/C33H36F6N4O5S/c1-20(2)18-41-23-9-11-28(21(16-23)19-49(46,47)24-6-4-3-5-7-24)43-15-13-31(29(43)44,48-30(45)33(37,38)39)42-26-12-14-40-27-17-22(32(34,35)36)8-10-25(26)27/h3-8,10,12,14,17,20-21,23,28,41H,9,11,13,15-16,18-19H2,1-2H3,(H,40,42)/t21-,23+,28-,31+/m0/s1. The summed E-state index contributed by atoms with van der Waals surface area (Å²) < 4.78 is 113. The van der Waals surface area contributed by atoms with E-state index >= 15 is 0 Å². The summed E-state index contributed by atoms with van der Waals surface area (Å²) in [6.45, 7) is 4.53. The topological polar surface area (TPSA) is 118 Å². The molecule has 1 saturated carbocycles. The third-order valence-electron chi connectivity index (χ3n) is 8.91. The Morgan fingerprint density at radius 1 is 1.06 bits per heavy atom. The highest BCUT2D eigenvalue weighted by Crippen LogP contribution is 2.40. The number of aromatic nitrogens is 1. The van der Waals surface area contributed by atoms with E-state index in [1.54, 1.807) is 18.2 Å². The molecule has 266 valence electrons. The predicted octanol–water partition coefficient (Wildman–Crippen LogP) is 5.96. The first-order valence-electron chi connectivity index (χ1n) is 15.8. The Kier molecular flexibility index (Phi) is 10.2. The summed E-state index contributed by atoms with van der Waals surface area (Å²) in [5, 5.41) is 6.10. The first-order valence-corrected chi connectivity index (χ1v) is 17.4. The molecule has 5 rings (SSSR count). The molecule has 2 aromatic carbocycles. The monoisotopic (exact) mass is 714 g/mol. The Hall–Kier alpha value is -3.92. The van der Waals surface area contributed by atoms with Crippen molar-refractivity contribution in [2.75, 3.05) is 24.2 Å². The molecule has 16 heteroatoms. The largest absolute Gasteiger partial charge is 0.491 e. The number of benzene rings is 2. The van der Waals surface area contributed by atoms with E-state index in [-0.39, 0.29) is 39.8 Å². The van der Waals surface area contributed by atoms with Crippen molar-refractivity contribution in [3.8, 4) is 0 Å². The molecule has 2 N–H and O–H groups in total. The predicted molar refractivity (Wildman–Crippen MR) is 168 cm³/mol. The third kappa shape index (κ3) is 8.11. The van der Waals surface area contributed by atoms with Gasteiger partial charge in [-0.15, -0.1) is 0 Å². The summed E-state index contributed by atoms with van der Waals surface area (Å²) in [5.74, 6) is -4.33. The quantitative estimate of drug-likeness (QED) is 0.150. The first-order chi connectivity index (χ1) is 22.9. The van der Waals surface area contributed by atoms with Gasteiger partial charge in [0.1, 0.15) is 0 Å². The van der Waals surface area contributed by atoms with E-state index in [1.165, 1.54) is 23.1 Å². The van der Waals surface area contributed by atoms with Crippen LogP contribution in [0.15, 0.2) is 65.7 Å². The maximum atomic E-state index is 14.3. The van der Waals surface area contributed by atoms with E-state index in [4.69, 9.17) is 4.74 Å². The Labute approximate surface area is 279 Å². The van der Waals surface area contributed by atoms with E-state index in [2.05, 4.69) is 15.6 Å². The van der Waals surface area contributed by atoms with Crippen molar-refractivity contribution < 1.29 is 49.1 Å². The van der Waals surface area contributed by atoms with Crippen LogP contribution in [0.25, 0.3) is 10.9 Å². The average molecular weight is 715 g/mol. The normalized spacial score (nSPS) is 23.7. The molecule has 49 heavy (non-hydrogen) atoms. The van der Waals surface area contributed by atoms with Crippen molar-refractivity contribution in [2.45, 2.75) is 74.6 Å². The molecule has 1 saturated heterocycles. The Morgan fingerprint density at radius 3 is 2.43 bits per heavy atom. The van der Waals surface area contributed by atoms with Crippen molar-refractivity contribution in [1.82, 2.24) is 15.2 Å². The van der Waals surface area contributed by atoms with Crippen LogP contribution in [0.3, 0.4) is 0 Å². The lowest BCUT2D eigenvalue weighted by atomic mass is 9.81. The average Bonchev–Trinajstić information content (AvgIpc) is 3.34. The number of amides is 1. The zero-order chi connectivity index (χ0) is 35.8. The lowest BCUT2D eigenvalue weighted by Crippen LogP contribution is -2.56. The van der Waals surface area contributed by atoms with E-state index < -0.39 is 63.7 Å². The van der Waals surface area contributed by atoms with Crippen LogP contribution in [0.1, 0.15) is 45.1 Å². The third-order valence-corrected chi connectivity index (χ3v) is 10.8. The molecule has 9 nitrogen and oxygen atoms in total. The van der Waals surface area contributed by atoms with Crippen LogP contribution in [0.4, 0.5) is 32.0 Å². The number of likely N-dealkylation sites (tertiary alicyclic amines) is 1. The number of nitrogens with zero attached hydrogens (tertiary/aromatic N) is 2. The number of nitrogens with one attached hydrogen (secondary N) is 2. The number of ether oxygens (including phenoxy) is 1. The molecule has 0 bridgehead atoms. The number of hydrogen-bond donors (Lipinski definition) is 2. The summed E-state index contributed by atoms with van der Waals surface area (Å²) in [6, 6.07) is 10.8. The summed E-state index contributed by atoms with van der Waals surface area (Å²) in [6.07, 6.45) is -8.30. The minimum absolute atomic E-state index is 0.0350. The Bertz CT molecular complexity index is 1790. The van der Waals surface area contributed by atoms with Gasteiger partial charge in [0, 0.05) is 42.3 Å². The molecule has 0 spiro atoms. The second-order valence-corrected chi connectivity index (χ2v) is 14.9. The lowest BCUT2D eigenvalue weighted by molar-refractivity contribution is -0.211. The summed E-state index contributed by atoms with van der Waals surface area (Å²) in [7, 11) is -3.85. The Balaban J connectivity index is 1.50. The summed E-state index contributed by atoms with van der Waals surface area (Å²) >= 11 is 0. The SMILES string of the molecule is CC(C)CN[C@@H]1CC[C@H](N2CC[C@@](Nc3ccnc4cc(C(F)(F)F)ccc34)(OC(=O)C(F)(F)F)C2=O)[C@H](CS(=O)(=O)c2ccccc2)C1. The summed E-state index contributed by atoms with van der Waals surface area (Å²) in [5.41, 5.74) is -3.87. The molecule has 2 heterocycles. The van der Waals surface area contributed by atoms with Crippen LogP contribution in [0, 0.1) is 11.8 Å². The highest BCUT2D eigenvalue weighted by Gasteiger charge is 2.57. The molecule has 2 aliphatic rings. The fourth-order valence-electron chi connectivity index (χ4n) is 6.57. The van der Waals surface area contributed by atoms with Gasteiger partial charge >= 0.3 is 18.3 Å². The van der Waals surface area contributed by atoms with E-state index in [1.807, 2.05) is 13.8 Å². The molecule has 3 aromatic rings. The van der Waals surface area contributed by atoms with E-state index in [0.717, 1.165) is 24.4 Å². The van der Waals surface area contributed by atoms with Gasteiger partial charge in [0.05, 0.1) is 21.7 Å². The number of esters is 1. The molecular weight excluding hydrogens is 678 g/mol. The minimum Gasteiger partial charge on any atom is -0.423 e. The number of pyridine rings is 1. The molecular formula is C33H36F6N4O5S. The Morgan fingerprint density at radius 2 is 1.78 bits per heavy atom. The zero-order valence-electron chi connectivity index (χ0n) is 26.6. The lowest BCUT2D eigenvalue weighted by Gasteiger charge is -2.42. The van der Waals surface area contributed by atoms with Crippen LogP contribution >= 0.6 is 0 Å². The molecule has 1 aliphatic carbocycles. The number of hydrogen-bond acceptors (Lipinski definition) is 8. The van der Waals surface area contributed by atoms with Crippen molar-refractivity contribution in [1.29, 1.82) is 0 Å². The zero-order valence-corrected chi connectivity index (χ0v) is 27.5. The molecule has 2 fully saturated rings. The fourth-order valence-corrected chi connectivity index (χ4v) is 8.26. The summed E-state index contributed by atoms with van der Waals surface area (Å²) in [4.78, 5) is 31.8. The van der Waals surface area contributed by atoms with Crippen LogP contribution < -0.4 is 10.6 Å². The van der Waals surface area contributed by atoms with E-state index in [9.17, 15) is 44.3 Å². The van der Waals surface area contributed by atoms with Crippen molar-refractivity contribution in [2.24, 2.45) is 11.8 Å². The number of carbonyl (C=O) groups is 2. The second kappa shape index (κ2) is 13.8. The number of fused-ring (bicyclic) bond motifs is 1. The number of alkyl halides is 6. The van der Waals surface area contributed by atoms with Gasteiger partial charge in [0.15, 0.2) is 9.84 Å². The van der Waals surface area contributed by atoms with Gasteiger partial charge in [-0.2, -0.15) is 26.3 Å². The first kappa shape index (κ1) is 36.4. The number of halogens is 6. The highest BCUT2D eigenvalue weighted by molar-refractivity contribution is 7.91. The van der Waals surface area contributed by atoms with Gasteiger partial charge in [-0.05, 0) is 68.0 Å². The smallest absolute Gasteiger partial charge is 0.423 e. The van der Waals surface area contributed by atoms with Crippen molar-refractivity contribution in [3.63, 3.8) is 0 Å². The van der Waals surface area contributed by atoms with Crippen LogP contribution in [-0.2, 0) is 30.3 Å². The van der Waals surface area contributed by atoms with Gasteiger partial charge < -0.3 is 20.3 Å². The van der Waals surface area contributed by atoms with Crippen LogP contribution in [0.5, 0.6) is 0 Å². The van der Waals surface area contributed by atoms with Crippen LogP contribution in [-0.4, -0.2) is 73.0 Å². The van der Waals surface area contributed by atoms with Gasteiger partial charge in [0.25, 0.3) is 11.6 Å². The molecule has 0 radical (unpaired) electrons. The van der Waals surface area contributed by atoms with Gasteiger partial charge in [-0.3, -0.25) is 9.78 Å². The van der Waals surface area contributed by atoms with Gasteiger partial charge in [-0.1, -0.05) is 38.1 Å². The van der Waals surface area contributed by atoms with Crippen LogP contribution in [0.2, 0.25) is 0 Å². The van der Waals surface area contributed by atoms with Crippen molar-refractivity contribution >= 4 is 38.3 Å². The maximum absolute atomic E-state index is 14.3. The number of sulfone groups is 1. The van der Waals surface area contributed by atoms with E-state index in [0.29, 0.717) is 31.7 Å². The molecule has 0 unspecified atom stereocenters. The number of anilines is 1. The highest BCUT2D eigenvalue weighted by atomic mass is 32.2. The van der Waals surface area contributed by atoms with Crippen molar-refractivity contribution in [3.05, 3.63) is 66.4 Å².